The van der Waals surface area contributed by atoms with Gasteiger partial charge in [-0.2, -0.15) is 11.8 Å². The van der Waals surface area contributed by atoms with Gasteiger partial charge in [0.2, 0.25) is 0 Å². The van der Waals surface area contributed by atoms with Crippen molar-refractivity contribution in [1.29, 1.82) is 0 Å². The fraction of sp³-hybridized carbons (Fsp3) is 0.286. The molecule has 0 saturated heterocycles. The summed E-state index contributed by atoms with van der Waals surface area (Å²) in [6.45, 7) is 4.76. The molecule has 0 fully saturated rings. The SMILES string of the molecule is CCc1ccccc1NCc1ccc(C(=O)N[C@@H](CCSC)C(=O)O)c(-c2ccccc2C)c1. The predicted octanol–water partition coefficient (Wildman–Crippen LogP) is 5.77. The molecule has 3 N–H and O–H groups in total. The van der Waals surface area contributed by atoms with E-state index in [0.29, 0.717) is 24.3 Å². The number of carboxylic acid groups (broad SMARTS) is 1. The van der Waals surface area contributed by atoms with E-state index in [1.54, 1.807) is 17.8 Å². The average molecular weight is 477 g/mol. The standard InChI is InChI=1S/C28H32N2O3S/c1-4-21-10-6-8-12-25(21)29-18-20-13-14-23(24(17-20)22-11-7-5-9-19(22)2)27(31)30-26(28(32)33)15-16-34-3/h5-14,17,26,29H,4,15-16,18H2,1-3H3,(H,30,31)(H,32,33)/t26-/m0/s1. The zero-order valence-electron chi connectivity index (χ0n) is 19.9. The average Bonchev–Trinajstić information content (AvgIpc) is 2.85. The van der Waals surface area contributed by atoms with Crippen LogP contribution in [0.1, 0.15) is 40.4 Å². The first-order valence-corrected chi connectivity index (χ1v) is 12.9. The number of para-hydroxylation sites is 1. The van der Waals surface area contributed by atoms with Gasteiger partial charge in [-0.15, -0.1) is 0 Å². The van der Waals surface area contributed by atoms with Crippen LogP contribution in [0.3, 0.4) is 0 Å². The summed E-state index contributed by atoms with van der Waals surface area (Å²) in [6.07, 6.45) is 3.24. The predicted molar refractivity (Wildman–Crippen MR) is 142 cm³/mol. The van der Waals surface area contributed by atoms with Crippen LogP contribution in [0.5, 0.6) is 0 Å². The number of rotatable bonds is 11. The van der Waals surface area contributed by atoms with E-state index in [0.717, 1.165) is 34.4 Å². The van der Waals surface area contributed by atoms with Crippen LogP contribution in [0.4, 0.5) is 5.69 Å². The lowest BCUT2D eigenvalue weighted by molar-refractivity contribution is -0.139. The topological polar surface area (TPSA) is 78.4 Å². The molecule has 0 heterocycles. The van der Waals surface area contributed by atoms with Gasteiger partial charge in [-0.1, -0.05) is 55.5 Å². The van der Waals surface area contributed by atoms with E-state index in [1.165, 1.54) is 5.56 Å². The summed E-state index contributed by atoms with van der Waals surface area (Å²) >= 11 is 1.56. The van der Waals surface area contributed by atoms with E-state index in [1.807, 2.05) is 61.7 Å². The van der Waals surface area contributed by atoms with Crippen molar-refractivity contribution in [2.24, 2.45) is 0 Å². The number of aliphatic carboxylic acids is 1. The van der Waals surface area contributed by atoms with Crippen LogP contribution < -0.4 is 10.6 Å². The first-order chi connectivity index (χ1) is 16.4. The molecular weight excluding hydrogens is 444 g/mol. The van der Waals surface area contributed by atoms with E-state index >= 15 is 0 Å². The number of amides is 1. The molecule has 0 spiro atoms. The molecule has 0 unspecified atom stereocenters. The Bertz CT molecular complexity index is 1150. The maximum atomic E-state index is 13.2. The van der Waals surface area contributed by atoms with Gasteiger partial charge in [-0.25, -0.2) is 4.79 Å². The molecule has 0 aliphatic rings. The second-order valence-electron chi connectivity index (χ2n) is 8.20. The van der Waals surface area contributed by atoms with Crippen molar-refractivity contribution in [2.45, 2.75) is 39.3 Å². The number of nitrogens with one attached hydrogen (secondary N) is 2. The molecule has 3 rings (SSSR count). The molecule has 178 valence electrons. The molecule has 34 heavy (non-hydrogen) atoms. The highest BCUT2D eigenvalue weighted by Gasteiger charge is 2.22. The van der Waals surface area contributed by atoms with Crippen molar-refractivity contribution in [2.75, 3.05) is 17.3 Å². The minimum atomic E-state index is -1.02. The van der Waals surface area contributed by atoms with Gasteiger partial charge in [0.25, 0.3) is 5.91 Å². The fourth-order valence-electron chi connectivity index (χ4n) is 3.92. The number of carbonyl (C=O) groups is 2. The maximum Gasteiger partial charge on any atom is 0.326 e. The zero-order valence-corrected chi connectivity index (χ0v) is 20.7. The van der Waals surface area contributed by atoms with E-state index in [9.17, 15) is 14.7 Å². The van der Waals surface area contributed by atoms with Gasteiger partial charge in [-0.3, -0.25) is 4.79 Å². The Morgan fingerprint density at radius 2 is 1.74 bits per heavy atom. The van der Waals surface area contributed by atoms with Crippen molar-refractivity contribution in [3.05, 3.63) is 89.0 Å². The Kier molecular flexibility index (Phi) is 9.16. The van der Waals surface area contributed by atoms with Crippen LogP contribution in [-0.2, 0) is 17.8 Å². The zero-order chi connectivity index (χ0) is 24.5. The lowest BCUT2D eigenvalue weighted by atomic mass is 9.93. The third-order valence-electron chi connectivity index (χ3n) is 5.86. The van der Waals surface area contributed by atoms with Crippen molar-refractivity contribution >= 4 is 29.3 Å². The second-order valence-corrected chi connectivity index (χ2v) is 9.19. The maximum absolute atomic E-state index is 13.2. The van der Waals surface area contributed by atoms with Gasteiger partial charge in [0.15, 0.2) is 0 Å². The minimum absolute atomic E-state index is 0.373. The Balaban J connectivity index is 1.92. The molecule has 0 bridgehead atoms. The van der Waals surface area contributed by atoms with Gasteiger partial charge < -0.3 is 15.7 Å². The van der Waals surface area contributed by atoms with Crippen molar-refractivity contribution in [3.63, 3.8) is 0 Å². The van der Waals surface area contributed by atoms with Gasteiger partial charge in [-0.05, 0) is 77.8 Å². The number of carboxylic acids is 1. The Hall–Kier alpha value is -3.25. The van der Waals surface area contributed by atoms with Crippen LogP contribution in [0, 0.1) is 6.92 Å². The van der Waals surface area contributed by atoms with Gasteiger partial charge >= 0.3 is 5.97 Å². The summed E-state index contributed by atoms with van der Waals surface area (Å²) in [5.74, 6) is -0.732. The first kappa shape index (κ1) is 25.4. The molecule has 1 atom stereocenters. The molecule has 3 aromatic rings. The quantitative estimate of drug-likeness (QED) is 0.327. The Morgan fingerprint density at radius 3 is 2.44 bits per heavy atom. The molecule has 6 heteroatoms. The molecule has 5 nitrogen and oxygen atoms in total. The third kappa shape index (κ3) is 6.41. The van der Waals surface area contributed by atoms with Crippen molar-refractivity contribution < 1.29 is 14.7 Å². The van der Waals surface area contributed by atoms with Gasteiger partial charge in [0.05, 0.1) is 0 Å². The van der Waals surface area contributed by atoms with Crippen molar-refractivity contribution in [3.8, 4) is 11.1 Å². The molecule has 1 amide bonds. The highest BCUT2D eigenvalue weighted by molar-refractivity contribution is 7.98. The molecule has 0 aliphatic carbocycles. The van der Waals surface area contributed by atoms with Crippen LogP contribution in [-0.4, -0.2) is 35.0 Å². The third-order valence-corrected chi connectivity index (χ3v) is 6.50. The largest absolute Gasteiger partial charge is 0.480 e. The lowest BCUT2D eigenvalue weighted by Crippen LogP contribution is -2.41. The van der Waals surface area contributed by atoms with E-state index < -0.39 is 12.0 Å². The highest BCUT2D eigenvalue weighted by atomic mass is 32.2. The second kappa shape index (κ2) is 12.3. The summed E-state index contributed by atoms with van der Waals surface area (Å²) in [7, 11) is 0. The van der Waals surface area contributed by atoms with Crippen LogP contribution >= 0.6 is 11.8 Å². The van der Waals surface area contributed by atoms with E-state index in [4.69, 9.17) is 0 Å². The summed E-state index contributed by atoms with van der Waals surface area (Å²) in [6, 6.07) is 21.0. The highest BCUT2D eigenvalue weighted by Crippen LogP contribution is 2.29. The normalized spacial score (nSPS) is 11.6. The number of anilines is 1. The molecule has 0 radical (unpaired) electrons. The molecule has 3 aromatic carbocycles. The number of aryl methyl sites for hydroxylation is 2. The summed E-state index contributed by atoms with van der Waals surface area (Å²) in [5, 5.41) is 15.8. The lowest BCUT2D eigenvalue weighted by Gasteiger charge is -2.18. The van der Waals surface area contributed by atoms with Gasteiger partial charge in [0, 0.05) is 17.8 Å². The monoisotopic (exact) mass is 476 g/mol. The number of hydrogen-bond donors (Lipinski definition) is 3. The number of thioether (sulfide) groups is 1. The fourth-order valence-corrected chi connectivity index (χ4v) is 4.40. The number of carbonyl (C=O) groups excluding carboxylic acids is 1. The molecule has 0 saturated carbocycles. The molecule has 0 aliphatic heterocycles. The Labute approximate surface area is 206 Å². The number of hydrogen-bond acceptors (Lipinski definition) is 4. The smallest absolute Gasteiger partial charge is 0.326 e. The number of benzene rings is 3. The first-order valence-electron chi connectivity index (χ1n) is 11.5. The van der Waals surface area contributed by atoms with E-state index in [2.05, 4.69) is 29.7 Å². The molecular formula is C28H32N2O3S. The van der Waals surface area contributed by atoms with Crippen LogP contribution in [0.25, 0.3) is 11.1 Å². The van der Waals surface area contributed by atoms with E-state index in [-0.39, 0.29) is 5.91 Å². The van der Waals surface area contributed by atoms with Crippen molar-refractivity contribution in [1.82, 2.24) is 5.32 Å². The van der Waals surface area contributed by atoms with Crippen LogP contribution in [0.2, 0.25) is 0 Å². The minimum Gasteiger partial charge on any atom is -0.480 e. The summed E-state index contributed by atoms with van der Waals surface area (Å²) in [4.78, 5) is 24.9. The molecule has 0 aromatic heterocycles. The van der Waals surface area contributed by atoms with Crippen LogP contribution in [0.15, 0.2) is 66.7 Å². The Morgan fingerprint density at radius 1 is 1.00 bits per heavy atom. The van der Waals surface area contributed by atoms with Gasteiger partial charge in [0.1, 0.15) is 6.04 Å². The summed E-state index contributed by atoms with van der Waals surface area (Å²) < 4.78 is 0. The summed E-state index contributed by atoms with van der Waals surface area (Å²) in [5.41, 5.74) is 6.67.